The fourth-order valence-corrected chi connectivity index (χ4v) is 4.53. The van der Waals surface area contributed by atoms with Crippen molar-refractivity contribution in [1.29, 1.82) is 0 Å². The normalized spacial score (nSPS) is 11.4. The largest absolute Gasteiger partial charge is 0.256 e. The number of pyridine rings is 1. The molecule has 31 heavy (non-hydrogen) atoms. The van der Waals surface area contributed by atoms with Crippen LogP contribution >= 0.6 is 0 Å². The minimum Gasteiger partial charge on any atom is -0.256 e. The van der Waals surface area contributed by atoms with Crippen LogP contribution in [0.4, 0.5) is 4.39 Å². The van der Waals surface area contributed by atoms with E-state index in [-0.39, 0.29) is 5.82 Å². The molecular formula is C29H18FN. The van der Waals surface area contributed by atoms with Gasteiger partial charge in [-0.1, -0.05) is 84.9 Å². The van der Waals surface area contributed by atoms with E-state index in [0.29, 0.717) is 5.39 Å². The molecule has 146 valence electrons. The maximum Gasteiger partial charge on any atom is 0.131 e. The first-order valence-corrected chi connectivity index (χ1v) is 10.3. The van der Waals surface area contributed by atoms with Gasteiger partial charge in [0.25, 0.3) is 0 Å². The zero-order chi connectivity index (χ0) is 20.8. The molecule has 5 aromatic carbocycles. The average molecular weight is 399 g/mol. The molecule has 0 bridgehead atoms. The summed E-state index contributed by atoms with van der Waals surface area (Å²) in [6.45, 7) is 0. The first-order valence-electron chi connectivity index (χ1n) is 10.3. The highest BCUT2D eigenvalue weighted by Crippen LogP contribution is 2.35. The van der Waals surface area contributed by atoms with E-state index in [2.05, 4.69) is 66.7 Å². The number of hydrogen-bond donors (Lipinski definition) is 0. The fraction of sp³-hybridized carbons (Fsp3) is 0. The summed E-state index contributed by atoms with van der Waals surface area (Å²) >= 11 is 0. The number of hydrogen-bond acceptors (Lipinski definition) is 1. The highest BCUT2D eigenvalue weighted by Gasteiger charge is 2.11. The lowest BCUT2D eigenvalue weighted by atomic mass is 9.94. The molecule has 1 nitrogen and oxygen atoms in total. The summed E-state index contributed by atoms with van der Waals surface area (Å²) in [6.07, 6.45) is 1.81. The Morgan fingerprint density at radius 1 is 0.516 bits per heavy atom. The second-order valence-corrected chi connectivity index (χ2v) is 7.76. The van der Waals surface area contributed by atoms with E-state index < -0.39 is 0 Å². The molecular weight excluding hydrogens is 381 g/mol. The van der Waals surface area contributed by atoms with Gasteiger partial charge in [-0.05, 0) is 50.9 Å². The third-order valence-electron chi connectivity index (χ3n) is 5.99. The van der Waals surface area contributed by atoms with Gasteiger partial charge in [-0.25, -0.2) is 4.39 Å². The molecule has 0 aliphatic rings. The molecule has 0 N–H and O–H groups in total. The smallest absolute Gasteiger partial charge is 0.131 e. The van der Waals surface area contributed by atoms with Gasteiger partial charge in [0, 0.05) is 22.5 Å². The van der Waals surface area contributed by atoms with Crippen LogP contribution < -0.4 is 0 Å². The van der Waals surface area contributed by atoms with Crippen molar-refractivity contribution in [2.75, 3.05) is 0 Å². The Balaban J connectivity index is 1.58. The van der Waals surface area contributed by atoms with Crippen molar-refractivity contribution < 1.29 is 4.39 Å². The summed E-state index contributed by atoms with van der Waals surface area (Å²) in [7, 11) is 0. The second kappa shape index (κ2) is 7.03. The van der Waals surface area contributed by atoms with Crippen molar-refractivity contribution in [3.8, 4) is 22.4 Å². The molecule has 2 heteroatoms. The molecule has 6 rings (SSSR count). The van der Waals surface area contributed by atoms with E-state index >= 15 is 0 Å². The SMILES string of the molecule is Fc1cccc2c1ccc1c(-c3cccc(-c4cccc5ccccc45)c3)nccc12. The number of benzene rings is 5. The standard InChI is InChI=1S/C29H18FN/c30-28-13-5-12-24-25-16-17-31-29(27(25)15-14-26(24)28)21-9-3-8-20(18-21)23-11-4-7-19-6-1-2-10-22(19)23/h1-18H. The number of halogens is 1. The van der Waals surface area contributed by atoms with Gasteiger partial charge in [0.15, 0.2) is 0 Å². The number of aromatic nitrogens is 1. The minimum absolute atomic E-state index is 0.198. The first kappa shape index (κ1) is 17.8. The van der Waals surface area contributed by atoms with E-state index in [9.17, 15) is 4.39 Å². The van der Waals surface area contributed by atoms with Crippen LogP contribution in [0.2, 0.25) is 0 Å². The van der Waals surface area contributed by atoms with Crippen molar-refractivity contribution >= 4 is 32.3 Å². The van der Waals surface area contributed by atoms with Gasteiger partial charge in [-0.3, -0.25) is 4.98 Å². The van der Waals surface area contributed by atoms with E-state index in [1.807, 2.05) is 30.5 Å². The molecule has 0 aliphatic carbocycles. The Hall–Kier alpha value is -4.04. The van der Waals surface area contributed by atoms with Crippen molar-refractivity contribution in [3.05, 3.63) is 115 Å². The predicted molar refractivity (Wildman–Crippen MR) is 128 cm³/mol. The molecule has 0 amide bonds. The Labute approximate surface area is 179 Å². The van der Waals surface area contributed by atoms with Crippen LogP contribution in [0.15, 0.2) is 109 Å². The van der Waals surface area contributed by atoms with Crippen LogP contribution in [0.5, 0.6) is 0 Å². The maximum atomic E-state index is 14.3. The second-order valence-electron chi connectivity index (χ2n) is 7.76. The summed E-state index contributed by atoms with van der Waals surface area (Å²) in [4.78, 5) is 4.71. The molecule has 1 heterocycles. The number of rotatable bonds is 2. The number of fused-ring (bicyclic) bond motifs is 4. The zero-order valence-electron chi connectivity index (χ0n) is 16.7. The van der Waals surface area contributed by atoms with Gasteiger partial charge in [-0.2, -0.15) is 0 Å². The summed E-state index contributed by atoms with van der Waals surface area (Å²) < 4.78 is 14.3. The van der Waals surface area contributed by atoms with Gasteiger partial charge in [0.05, 0.1) is 5.69 Å². The Kier molecular flexibility index (Phi) is 4.03. The topological polar surface area (TPSA) is 12.9 Å². The molecule has 1 aromatic heterocycles. The Morgan fingerprint density at radius 2 is 1.23 bits per heavy atom. The third kappa shape index (κ3) is 2.88. The molecule has 0 fully saturated rings. The highest BCUT2D eigenvalue weighted by atomic mass is 19.1. The maximum absolute atomic E-state index is 14.3. The molecule has 0 saturated heterocycles. The van der Waals surface area contributed by atoms with Crippen molar-refractivity contribution in [3.63, 3.8) is 0 Å². The van der Waals surface area contributed by atoms with Crippen molar-refractivity contribution in [1.82, 2.24) is 4.98 Å². The third-order valence-corrected chi connectivity index (χ3v) is 5.99. The van der Waals surface area contributed by atoms with Crippen molar-refractivity contribution in [2.45, 2.75) is 0 Å². The lowest BCUT2D eigenvalue weighted by Crippen LogP contribution is -1.89. The van der Waals surface area contributed by atoms with Gasteiger partial charge in [0.1, 0.15) is 5.82 Å². The Bertz CT molecular complexity index is 1590. The van der Waals surface area contributed by atoms with E-state index in [4.69, 9.17) is 4.98 Å². The monoisotopic (exact) mass is 399 g/mol. The van der Waals surface area contributed by atoms with Gasteiger partial charge < -0.3 is 0 Å². The van der Waals surface area contributed by atoms with Crippen LogP contribution in [-0.2, 0) is 0 Å². The lowest BCUT2D eigenvalue weighted by Gasteiger charge is -2.11. The molecule has 6 aromatic rings. The van der Waals surface area contributed by atoms with E-state index in [0.717, 1.165) is 33.0 Å². The van der Waals surface area contributed by atoms with Crippen molar-refractivity contribution in [2.24, 2.45) is 0 Å². The Morgan fingerprint density at radius 3 is 2.19 bits per heavy atom. The molecule has 0 aliphatic heterocycles. The number of nitrogens with zero attached hydrogens (tertiary/aromatic N) is 1. The fourth-order valence-electron chi connectivity index (χ4n) is 4.53. The van der Waals surface area contributed by atoms with Crippen LogP contribution in [0.25, 0.3) is 54.7 Å². The summed E-state index contributed by atoms with van der Waals surface area (Å²) in [5.41, 5.74) is 4.31. The van der Waals surface area contributed by atoms with Gasteiger partial charge >= 0.3 is 0 Å². The van der Waals surface area contributed by atoms with Crippen LogP contribution in [0, 0.1) is 5.82 Å². The van der Waals surface area contributed by atoms with Crippen LogP contribution in [0.1, 0.15) is 0 Å². The quantitative estimate of drug-likeness (QED) is 0.269. The lowest BCUT2D eigenvalue weighted by molar-refractivity contribution is 0.640. The van der Waals surface area contributed by atoms with Crippen LogP contribution in [-0.4, -0.2) is 4.98 Å². The summed E-state index contributed by atoms with van der Waals surface area (Å²) in [5, 5.41) is 6.04. The molecule has 0 radical (unpaired) electrons. The van der Waals surface area contributed by atoms with Gasteiger partial charge in [-0.15, -0.1) is 0 Å². The summed E-state index contributed by atoms with van der Waals surface area (Å²) in [5.74, 6) is -0.198. The summed E-state index contributed by atoms with van der Waals surface area (Å²) in [6, 6.07) is 34.4. The molecule has 0 unspecified atom stereocenters. The first-order chi connectivity index (χ1) is 15.3. The van der Waals surface area contributed by atoms with E-state index in [1.54, 1.807) is 6.07 Å². The predicted octanol–water partition coefficient (Wildman–Crippen LogP) is 8.01. The molecule has 0 spiro atoms. The van der Waals surface area contributed by atoms with Gasteiger partial charge in [0.2, 0.25) is 0 Å². The zero-order valence-corrected chi connectivity index (χ0v) is 16.7. The minimum atomic E-state index is -0.198. The van der Waals surface area contributed by atoms with E-state index in [1.165, 1.54) is 22.4 Å². The van der Waals surface area contributed by atoms with Crippen LogP contribution in [0.3, 0.4) is 0 Å². The molecule has 0 atom stereocenters. The highest BCUT2D eigenvalue weighted by molar-refractivity contribution is 6.11. The molecule has 0 saturated carbocycles. The average Bonchev–Trinajstić information content (AvgIpc) is 2.83.